The molecular weight excluding hydrogens is 304 g/mol. The number of carboxylic acid groups (broad SMARTS) is 1. The van der Waals surface area contributed by atoms with Crippen molar-refractivity contribution in [3.63, 3.8) is 0 Å². The zero-order chi connectivity index (χ0) is 15.4. The van der Waals surface area contributed by atoms with E-state index in [4.69, 9.17) is 0 Å². The lowest BCUT2D eigenvalue weighted by Gasteiger charge is -2.46. The van der Waals surface area contributed by atoms with Gasteiger partial charge in [0.25, 0.3) is 0 Å². The minimum Gasteiger partial charge on any atom is -0.481 e. The Balaban J connectivity index is 1.61. The number of carboxylic acids is 1. The van der Waals surface area contributed by atoms with E-state index in [-0.39, 0.29) is 17.6 Å². The van der Waals surface area contributed by atoms with Crippen LogP contribution >= 0.6 is 0 Å². The van der Waals surface area contributed by atoms with E-state index in [1.54, 1.807) is 0 Å². The van der Waals surface area contributed by atoms with Gasteiger partial charge in [-0.15, -0.1) is 0 Å². The summed E-state index contributed by atoms with van der Waals surface area (Å²) in [7, 11) is -3.70. The molecule has 0 radical (unpaired) electrons. The second-order valence-corrected chi connectivity index (χ2v) is 8.48. The molecule has 5 nitrogen and oxygen atoms in total. The number of hydrogen-bond acceptors (Lipinski definition) is 3. The van der Waals surface area contributed by atoms with Crippen LogP contribution in [0.25, 0.3) is 0 Å². The molecule has 0 amide bonds. The Labute approximate surface area is 122 Å². The van der Waals surface area contributed by atoms with Crippen LogP contribution in [0.1, 0.15) is 32.1 Å². The molecule has 8 heteroatoms. The van der Waals surface area contributed by atoms with Crippen molar-refractivity contribution < 1.29 is 27.1 Å². The average molecular weight is 323 g/mol. The highest BCUT2D eigenvalue weighted by atomic mass is 32.2. The summed E-state index contributed by atoms with van der Waals surface area (Å²) in [5, 5.41) is 9.22. The zero-order valence-corrected chi connectivity index (χ0v) is 12.3. The van der Waals surface area contributed by atoms with E-state index in [1.165, 1.54) is 0 Å². The van der Waals surface area contributed by atoms with E-state index in [0.29, 0.717) is 0 Å². The van der Waals surface area contributed by atoms with Gasteiger partial charge in [-0.2, -0.15) is 0 Å². The lowest BCUT2D eigenvalue weighted by Crippen LogP contribution is -2.61. The number of rotatable bonds is 5. The molecule has 0 spiro atoms. The highest BCUT2D eigenvalue weighted by Crippen LogP contribution is 2.51. The van der Waals surface area contributed by atoms with Gasteiger partial charge in [0.1, 0.15) is 0 Å². The topological polar surface area (TPSA) is 83.5 Å². The molecule has 21 heavy (non-hydrogen) atoms. The standard InChI is InChI=1S/C13H19F2NO4S/c14-13(15)4-7(5-13)6-21(19,20)16-11-9-3-1-2-8(9)10(11)12(17)18/h7-11,16H,1-6H2,(H,17,18)/t8-,9+,10-,11-/m0/s1. The Hall–Kier alpha value is -0.760. The van der Waals surface area contributed by atoms with E-state index in [1.807, 2.05) is 0 Å². The summed E-state index contributed by atoms with van der Waals surface area (Å²) < 4.78 is 52.1. The smallest absolute Gasteiger partial charge is 0.308 e. The van der Waals surface area contributed by atoms with Crippen LogP contribution in [-0.2, 0) is 14.8 Å². The molecule has 4 atom stereocenters. The maximum atomic E-state index is 12.8. The van der Waals surface area contributed by atoms with Crippen LogP contribution in [0.2, 0.25) is 0 Å². The van der Waals surface area contributed by atoms with Crippen LogP contribution in [0.4, 0.5) is 8.78 Å². The fourth-order valence-electron chi connectivity index (χ4n) is 4.26. The number of hydrogen-bond donors (Lipinski definition) is 2. The molecule has 3 aliphatic carbocycles. The van der Waals surface area contributed by atoms with Crippen LogP contribution in [0, 0.1) is 23.7 Å². The maximum absolute atomic E-state index is 12.8. The molecule has 0 aromatic heterocycles. The lowest BCUT2D eigenvalue weighted by atomic mass is 9.63. The van der Waals surface area contributed by atoms with Gasteiger partial charge in [-0.05, 0) is 30.6 Å². The molecule has 0 unspecified atom stereocenters. The van der Waals surface area contributed by atoms with E-state index >= 15 is 0 Å². The van der Waals surface area contributed by atoms with Crippen LogP contribution < -0.4 is 4.72 Å². The van der Waals surface area contributed by atoms with Crippen molar-refractivity contribution in [2.24, 2.45) is 23.7 Å². The number of carbonyl (C=O) groups is 1. The summed E-state index contributed by atoms with van der Waals surface area (Å²) in [4.78, 5) is 11.3. The SMILES string of the molecule is O=C(O)[C@H]1[C@H]2CCC[C@H]2[C@@H]1NS(=O)(=O)CC1CC(F)(F)C1. The van der Waals surface area contributed by atoms with Gasteiger partial charge in [-0.25, -0.2) is 21.9 Å². The second kappa shape index (κ2) is 4.87. The Morgan fingerprint density at radius 3 is 2.43 bits per heavy atom. The normalized spacial score (nSPS) is 38.4. The van der Waals surface area contributed by atoms with Gasteiger partial charge in [-0.3, -0.25) is 4.79 Å². The summed E-state index contributed by atoms with van der Waals surface area (Å²) in [6.07, 6.45) is 1.80. The van der Waals surface area contributed by atoms with Crippen LogP contribution in [0.3, 0.4) is 0 Å². The van der Waals surface area contributed by atoms with Gasteiger partial charge >= 0.3 is 5.97 Å². The molecule has 0 heterocycles. The van der Waals surface area contributed by atoms with Gasteiger partial charge in [0.2, 0.25) is 15.9 Å². The predicted molar refractivity (Wildman–Crippen MR) is 70.3 cm³/mol. The van der Waals surface area contributed by atoms with Crippen molar-refractivity contribution >= 4 is 16.0 Å². The highest BCUT2D eigenvalue weighted by Gasteiger charge is 2.57. The van der Waals surface area contributed by atoms with Gasteiger partial charge in [0.05, 0.1) is 11.7 Å². The van der Waals surface area contributed by atoms with E-state index in [9.17, 15) is 27.1 Å². The minimum absolute atomic E-state index is 0.0586. The monoisotopic (exact) mass is 323 g/mol. The van der Waals surface area contributed by atoms with Crippen LogP contribution in [0.15, 0.2) is 0 Å². The second-order valence-electron chi connectivity index (χ2n) is 6.68. The van der Waals surface area contributed by atoms with Gasteiger partial charge in [0.15, 0.2) is 0 Å². The molecule has 0 bridgehead atoms. The molecule has 3 aliphatic rings. The molecule has 0 saturated heterocycles. The molecule has 3 saturated carbocycles. The largest absolute Gasteiger partial charge is 0.481 e. The third kappa shape index (κ3) is 2.79. The van der Waals surface area contributed by atoms with E-state index in [0.717, 1.165) is 19.3 Å². The summed E-state index contributed by atoms with van der Waals surface area (Å²) in [6.45, 7) is 0. The summed E-state index contributed by atoms with van der Waals surface area (Å²) in [5.41, 5.74) is 0. The average Bonchev–Trinajstić information content (AvgIpc) is 2.66. The third-order valence-electron chi connectivity index (χ3n) is 5.16. The zero-order valence-electron chi connectivity index (χ0n) is 11.5. The molecule has 2 N–H and O–H groups in total. The predicted octanol–water partition coefficient (Wildman–Crippen LogP) is 1.45. The lowest BCUT2D eigenvalue weighted by molar-refractivity contribution is -0.152. The molecule has 0 aliphatic heterocycles. The van der Waals surface area contributed by atoms with Crippen molar-refractivity contribution in [1.82, 2.24) is 4.72 Å². The maximum Gasteiger partial charge on any atom is 0.308 e. The Morgan fingerprint density at radius 2 is 1.86 bits per heavy atom. The summed E-state index contributed by atoms with van der Waals surface area (Å²) in [5.74, 6) is -5.09. The molecular formula is C13H19F2NO4S. The Morgan fingerprint density at radius 1 is 1.24 bits per heavy atom. The fourth-order valence-corrected chi connectivity index (χ4v) is 5.95. The van der Waals surface area contributed by atoms with Crippen molar-refractivity contribution in [3.05, 3.63) is 0 Å². The minimum atomic E-state index is -3.70. The summed E-state index contributed by atoms with van der Waals surface area (Å²) in [6, 6.07) is -0.569. The Kier molecular flexibility index (Phi) is 3.52. The number of fused-ring (bicyclic) bond motifs is 1. The first-order valence-electron chi connectivity index (χ1n) is 7.29. The summed E-state index contributed by atoms with van der Waals surface area (Å²) >= 11 is 0. The quantitative estimate of drug-likeness (QED) is 0.802. The highest BCUT2D eigenvalue weighted by molar-refractivity contribution is 7.89. The number of nitrogens with one attached hydrogen (secondary N) is 1. The number of halogens is 2. The molecule has 3 rings (SSSR count). The molecule has 120 valence electrons. The van der Waals surface area contributed by atoms with E-state index < -0.39 is 52.6 Å². The molecule has 0 aromatic rings. The molecule has 0 aromatic carbocycles. The number of sulfonamides is 1. The first-order valence-corrected chi connectivity index (χ1v) is 8.94. The first kappa shape index (κ1) is 15.1. The van der Waals surface area contributed by atoms with Crippen molar-refractivity contribution in [2.75, 3.05) is 5.75 Å². The van der Waals surface area contributed by atoms with Crippen LogP contribution in [-0.4, -0.2) is 37.2 Å². The fraction of sp³-hybridized carbons (Fsp3) is 0.923. The van der Waals surface area contributed by atoms with Crippen molar-refractivity contribution in [2.45, 2.75) is 44.1 Å². The van der Waals surface area contributed by atoms with Gasteiger partial charge < -0.3 is 5.11 Å². The molecule has 3 fully saturated rings. The Bertz CT molecular complexity index is 542. The van der Waals surface area contributed by atoms with Gasteiger partial charge in [-0.1, -0.05) is 6.42 Å². The van der Waals surface area contributed by atoms with Crippen LogP contribution in [0.5, 0.6) is 0 Å². The van der Waals surface area contributed by atoms with Crippen molar-refractivity contribution in [3.8, 4) is 0 Å². The number of alkyl halides is 2. The first-order chi connectivity index (χ1) is 9.69. The number of aliphatic carboxylic acids is 1. The van der Waals surface area contributed by atoms with Crippen molar-refractivity contribution in [1.29, 1.82) is 0 Å². The third-order valence-corrected chi connectivity index (χ3v) is 6.71. The van der Waals surface area contributed by atoms with E-state index in [2.05, 4.69) is 4.72 Å². The van der Waals surface area contributed by atoms with Gasteiger partial charge in [0, 0.05) is 18.9 Å².